The maximum Gasteiger partial charge on any atom is 0.293 e. The lowest BCUT2D eigenvalue weighted by Gasteiger charge is -2.50. The van der Waals surface area contributed by atoms with Crippen molar-refractivity contribution in [1.29, 1.82) is 0 Å². The summed E-state index contributed by atoms with van der Waals surface area (Å²) >= 11 is 0. The highest BCUT2D eigenvalue weighted by molar-refractivity contribution is 5.80. The van der Waals surface area contributed by atoms with E-state index in [2.05, 4.69) is 19.1 Å². The molecule has 0 bridgehead atoms. The molecule has 0 radical (unpaired) electrons. The van der Waals surface area contributed by atoms with Gasteiger partial charge in [0.1, 0.15) is 11.9 Å². The molecule has 134 valence electrons. The molecule has 3 aliphatic carbocycles. The van der Waals surface area contributed by atoms with Gasteiger partial charge in [-0.3, -0.25) is 9.59 Å². The molecule has 5 atom stereocenters. The van der Waals surface area contributed by atoms with Gasteiger partial charge in [-0.05, 0) is 79.5 Å². The minimum Gasteiger partial charge on any atom is -0.496 e. The number of carbonyl (C=O) groups excluding carboxylic acids is 2. The molecule has 25 heavy (non-hydrogen) atoms. The first kappa shape index (κ1) is 16.6. The standard InChI is InChI=1S/C21H26O4/c1-21-8-7-15-16(18(21)5-6-20(21)25-12-23)4-3-13-10-19(24-2)14(11-22)9-17(13)15/h9-12,15-16,18,20H,3-8H2,1-2H3/t15-,16+,18-,20-,21-/m0/s1. The molecule has 0 amide bonds. The van der Waals surface area contributed by atoms with Crippen molar-refractivity contribution in [2.75, 3.05) is 7.11 Å². The van der Waals surface area contributed by atoms with E-state index in [9.17, 15) is 9.59 Å². The number of methoxy groups -OCH3 is 1. The van der Waals surface area contributed by atoms with Crippen molar-refractivity contribution in [3.05, 3.63) is 28.8 Å². The molecule has 2 fully saturated rings. The summed E-state index contributed by atoms with van der Waals surface area (Å²) in [5.74, 6) is 2.43. The number of aldehydes is 1. The van der Waals surface area contributed by atoms with E-state index < -0.39 is 0 Å². The Morgan fingerprint density at radius 1 is 1.16 bits per heavy atom. The average molecular weight is 342 g/mol. The van der Waals surface area contributed by atoms with Crippen molar-refractivity contribution in [1.82, 2.24) is 0 Å². The first-order valence-electron chi connectivity index (χ1n) is 9.37. The average Bonchev–Trinajstić information content (AvgIpc) is 2.97. The predicted molar refractivity (Wildman–Crippen MR) is 93.9 cm³/mol. The van der Waals surface area contributed by atoms with Crippen molar-refractivity contribution in [3.63, 3.8) is 0 Å². The number of hydrogen-bond acceptors (Lipinski definition) is 4. The fourth-order valence-electron chi connectivity index (χ4n) is 6.13. The summed E-state index contributed by atoms with van der Waals surface area (Å²) < 4.78 is 10.8. The molecule has 3 aliphatic rings. The third-order valence-corrected chi connectivity index (χ3v) is 7.33. The largest absolute Gasteiger partial charge is 0.496 e. The number of hydrogen-bond donors (Lipinski definition) is 0. The summed E-state index contributed by atoms with van der Waals surface area (Å²) in [6, 6.07) is 4.13. The monoisotopic (exact) mass is 342 g/mol. The Bertz CT molecular complexity index is 697. The molecule has 4 rings (SSSR count). The summed E-state index contributed by atoms with van der Waals surface area (Å²) in [4.78, 5) is 22.3. The number of ether oxygens (including phenoxy) is 2. The van der Waals surface area contributed by atoms with Gasteiger partial charge in [0.15, 0.2) is 6.29 Å². The maximum absolute atomic E-state index is 11.5. The molecule has 0 aliphatic heterocycles. The quantitative estimate of drug-likeness (QED) is 0.779. The Kier molecular flexibility index (Phi) is 4.09. The molecule has 1 aromatic rings. The smallest absolute Gasteiger partial charge is 0.293 e. The molecule has 2 saturated carbocycles. The van der Waals surface area contributed by atoms with E-state index >= 15 is 0 Å². The van der Waals surface area contributed by atoms with Crippen LogP contribution < -0.4 is 4.74 Å². The Morgan fingerprint density at radius 3 is 2.72 bits per heavy atom. The molecule has 0 saturated heterocycles. The van der Waals surface area contributed by atoms with Gasteiger partial charge in [-0.1, -0.05) is 6.92 Å². The summed E-state index contributed by atoms with van der Waals surface area (Å²) in [5.41, 5.74) is 3.45. The highest BCUT2D eigenvalue weighted by Crippen LogP contribution is 2.61. The van der Waals surface area contributed by atoms with Crippen LogP contribution in [0.2, 0.25) is 0 Å². The van der Waals surface area contributed by atoms with E-state index in [4.69, 9.17) is 9.47 Å². The van der Waals surface area contributed by atoms with Crippen LogP contribution in [0, 0.1) is 17.3 Å². The van der Waals surface area contributed by atoms with Crippen LogP contribution in [0.4, 0.5) is 0 Å². The SMILES string of the molecule is COc1cc2c(cc1C=O)[C@H]1CC[C@]3(C)[C@@H](OC=O)CC[C@H]3[C@@H]1CC2. The molecular weight excluding hydrogens is 316 g/mol. The van der Waals surface area contributed by atoms with Crippen molar-refractivity contribution >= 4 is 12.8 Å². The number of rotatable bonds is 4. The second kappa shape index (κ2) is 6.15. The number of benzene rings is 1. The number of fused-ring (bicyclic) bond motifs is 5. The molecule has 0 N–H and O–H groups in total. The van der Waals surface area contributed by atoms with Crippen LogP contribution in [-0.4, -0.2) is 26.0 Å². The zero-order valence-electron chi connectivity index (χ0n) is 15.0. The molecule has 0 spiro atoms. The third kappa shape index (κ3) is 2.41. The zero-order valence-corrected chi connectivity index (χ0v) is 15.0. The predicted octanol–water partition coefficient (Wildman–Crippen LogP) is 3.91. The Balaban J connectivity index is 1.68. The normalized spacial score (nSPS) is 35.9. The van der Waals surface area contributed by atoms with Crippen LogP contribution in [0.1, 0.15) is 66.4 Å². The molecule has 0 unspecified atom stereocenters. The van der Waals surface area contributed by atoms with Crippen molar-refractivity contribution < 1.29 is 19.1 Å². The van der Waals surface area contributed by atoms with Gasteiger partial charge in [-0.25, -0.2) is 0 Å². The zero-order chi connectivity index (χ0) is 17.6. The van der Waals surface area contributed by atoms with Gasteiger partial charge in [0.2, 0.25) is 0 Å². The lowest BCUT2D eigenvalue weighted by atomic mass is 9.55. The Labute approximate surface area is 148 Å². The van der Waals surface area contributed by atoms with E-state index in [0.29, 0.717) is 35.5 Å². The minimum atomic E-state index is 0.0683. The van der Waals surface area contributed by atoms with Crippen molar-refractivity contribution in [2.45, 2.75) is 57.5 Å². The van der Waals surface area contributed by atoms with Crippen LogP contribution in [-0.2, 0) is 16.0 Å². The Hall–Kier alpha value is -1.84. The summed E-state index contributed by atoms with van der Waals surface area (Å²) in [7, 11) is 1.62. The van der Waals surface area contributed by atoms with Gasteiger partial charge in [0, 0.05) is 5.41 Å². The van der Waals surface area contributed by atoms with E-state index in [0.717, 1.165) is 38.4 Å². The lowest BCUT2D eigenvalue weighted by Crippen LogP contribution is -2.44. The Morgan fingerprint density at radius 2 is 2.00 bits per heavy atom. The van der Waals surface area contributed by atoms with Crippen molar-refractivity contribution in [3.8, 4) is 5.75 Å². The van der Waals surface area contributed by atoms with Gasteiger partial charge in [0.05, 0.1) is 12.7 Å². The fraction of sp³-hybridized carbons (Fsp3) is 0.619. The molecule has 0 aromatic heterocycles. The second-order valence-electron chi connectivity index (χ2n) is 8.17. The molecule has 4 nitrogen and oxygen atoms in total. The molecule has 4 heteroatoms. The molecule has 0 heterocycles. The van der Waals surface area contributed by atoms with Gasteiger partial charge in [-0.15, -0.1) is 0 Å². The lowest BCUT2D eigenvalue weighted by molar-refractivity contribution is -0.141. The summed E-state index contributed by atoms with van der Waals surface area (Å²) in [6.45, 7) is 2.94. The highest BCUT2D eigenvalue weighted by Gasteiger charge is 2.55. The van der Waals surface area contributed by atoms with Crippen LogP contribution in [0.25, 0.3) is 0 Å². The minimum absolute atomic E-state index is 0.0683. The number of carbonyl (C=O) groups is 2. The van der Waals surface area contributed by atoms with Gasteiger partial charge >= 0.3 is 0 Å². The van der Waals surface area contributed by atoms with E-state index in [1.54, 1.807) is 7.11 Å². The third-order valence-electron chi connectivity index (χ3n) is 7.33. The van der Waals surface area contributed by atoms with Crippen LogP contribution in [0.5, 0.6) is 5.75 Å². The van der Waals surface area contributed by atoms with Crippen molar-refractivity contribution in [2.24, 2.45) is 17.3 Å². The maximum atomic E-state index is 11.5. The van der Waals surface area contributed by atoms with Gasteiger partial charge in [0.25, 0.3) is 6.47 Å². The van der Waals surface area contributed by atoms with E-state index in [1.807, 2.05) is 0 Å². The number of aryl methyl sites for hydroxylation is 1. The van der Waals surface area contributed by atoms with Crippen LogP contribution in [0.15, 0.2) is 12.1 Å². The van der Waals surface area contributed by atoms with Crippen LogP contribution >= 0.6 is 0 Å². The first-order chi connectivity index (χ1) is 12.1. The second-order valence-corrected chi connectivity index (χ2v) is 8.17. The topological polar surface area (TPSA) is 52.6 Å². The highest BCUT2D eigenvalue weighted by atomic mass is 16.5. The van der Waals surface area contributed by atoms with Crippen LogP contribution in [0.3, 0.4) is 0 Å². The summed E-state index contributed by atoms with van der Waals surface area (Å²) in [6.07, 6.45) is 7.50. The van der Waals surface area contributed by atoms with E-state index in [1.165, 1.54) is 17.5 Å². The molecular formula is C21H26O4. The fourth-order valence-corrected chi connectivity index (χ4v) is 6.13. The summed E-state index contributed by atoms with van der Waals surface area (Å²) in [5, 5.41) is 0. The first-order valence-corrected chi connectivity index (χ1v) is 9.37. The molecule has 1 aromatic carbocycles. The van der Waals surface area contributed by atoms with Gasteiger partial charge in [-0.2, -0.15) is 0 Å². The van der Waals surface area contributed by atoms with E-state index in [-0.39, 0.29) is 11.5 Å². The van der Waals surface area contributed by atoms with Gasteiger partial charge < -0.3 is 9.47 Å².